The maximum Gasteiger partial charge on any atom is 0.0991 e. The molecule has 2 heteroatoms. The summed E-state index contributed by atoms with van der Waals surface area (Å²) < 4.78 is 2.05. The summed E-state index contributed by atoms with van der Waals surface area (Å²) in [4.78, 5) is 0. The van der Waals surface area contributed by atoms with Crippen LogP contribution in [-0.2, 0) is 7.05 Å². The Hall–Kier alpha value is -2.27. The molecular weight excluding hydrogens is 196 g/mol. The first-order chi connectivity index (χ1) is 7.79. The Morgan fingerprint density at radius 3 is 2.75 bits per heavy atom. The second kappa shape index (κ2) is 4.50. The van der Waals surface area contributed by atoms with Gasteiger partial charge in [-0.25, -0.2) is 0 Å². The van der Waals surface area contributed by atoms with Gasteiger partial charge in [0.2, 0.25) is 0 Å². The van der Waals surface area contributed by atoms with E-state index < -0.39 is 0 Å². The summed E-state index contributed by atoms with van der Waals surface area (Å²) in [5.41, 5.74) is 2.87. The summed E-state index contributed by atoms with van der Waals surface area (Å²) in [6.07, 6.45) is 6.05. The predicted molar refractivity (Wildman–Crippen MR) is 65.5 cm³/mol. The first-order valence-corrected chi connectivity index (χ1v) is 5.09. The SMILES string of the molecule is Cn1cccc1/C=C\c1cccc(C#N)c1. The molecule has 78 valence electrons. The van der Waals surface area contributed by atoms with Crippen molar-refractivity contribution in [1.82, 2.24) is 4.57 Å². The van der Waals surface area contributed by atoms with E-state index in [2.05, 4.69) is 6.07 Å². The Bertz CT molecular complexity index is 556. The standard InChI is InChI=1S/C14H12N2/c1-16-9-3-6-14(16)8-7-12-4-2-5-13(10-12)11-15/h2-10H,1H3/b8-7-. The van der Waals surface area contributed by atoms with Gasteiger partial charge in [0.1, 0.15) is 0 Å². The minimum Gasteiger partial charge on any atom is -0.351 e. The van der Waals surface area contributed by atoms with Crippen LogP contribution in [0.25, 0.3) is 12.2 Å². The zero-order valence-electron chi connectivity index (χ0n) is 9.09. The van der Waals surface area contributed by atoms with Gasteiger partial charge in [-0.2, -0.15) is 5.26 Å². The summed E-state index contributed by atoms with van der Waals surface area (Å²) in [6, 6.07) is 13.7. The molecule has 0 spiro atoms. The second-order valence-electron chi connectivity index (χ2n) is 3.61. The molecule has 0 aliphatic rings. The van der Waals surface area contributed by atoms with Crippen molar-refractivity contribution >= 4 is 12.2 Å². The number of benzene rings is 1. The summed E-state index contributed by atoms with van der Waals surface area (Å²) >= 11 is 0. The average molecular weight is 208 g/mol. The molecule has 0 atom stereocenters. The van der Waals surface area contributed by atoms with Crippen LogP contribution >= 0.6 is 0 Å². The fourth-order valence-corrected chi connectivity index (χ4v) is 1.54. The Balaban J connectivity index is 2.24. The first-order valence-electron chi connectivity index (χ1n) is 5.09. The van der Waals surface area contributed by atoms with Crippen molar-refractivity contribution in [3.63, 3.8) is 0 Å². The van der Waals surface area contributed by atoms with E-state index in [1.54, 1.807) is 6.07 Å². The van der Waals surface area contributed by atoms with E-state index in [-0.39, 0.29) is 0 Å². The van der Waals surface area contributed by atoms with Crippen molar-refractivity contribution in [2.24, 2.45) is 7.05 Å². The molecule has 2 aromatic rings. The van der Waals surface area contributed by atoms with E-state index >= 15 is 0 Å². The molecule has 1 heterocycles. The van der Waals surface area contributed by atoms with E-state index in [1.807, 2.05) is 60.3 Å². The molecule has 0 radical (unpaired) electrons. The summed E-state index contributed by atoms with van der Waals surface area (Å²) in [6.45, 7) is 0. The van der Waals surface area contributed by atoms with Gasteiger partial charge in [-0.05, 0) is 35.9 Å². The molecule has 0 fully saturated rings. The highest BCUT2D eigenvalue weighted by Gasteiger charge is 1.93. The van der Waals surface area contributed by atoms with Gasteiger partial charge in [-0.1, -0.05) is 18.2 Å². The van der Waals surface area contributed by atoms with Crippen LogP contribution < -0.4 is 0 Å². The molecular formula is C14H12N2. The lowest BCUT2D eigenvalue weighted by Crippen LogP contribution is -1.86. The minimum atomic E-state index is 0.689. The van der Waals surface area contributed by atoms with Gasteiger partial charge in [-0.3, -0.25) is 0 Å². The molecule has 0 unspecified atom stereocenters. The van der Waals surface area contributed by atoms with E-state index in [0.29, 0.717) is 5.56 Å². The average Bonchev–Trinajstić information content (AvgIpc) is 2.72. The Labute approximate surface area is 95.1 Å². The fraction of sp³-hybridized carbons (Fsp3) is 0.0714. The lowest BCUT2D eigenvalue weighted by atomic mass is 10.1. The summed E-state index contributed by atoms with van der Waals surface area (Å²) in [5.74, 6) is 0. The van der Waals surface area contributed by atoms with Gasteiger partial charge < -0.3 is 4.57 Å². The predicted octanol–water partition coefficient (Wildman–Crippen LogP) is 3.07. The molecule has 0 aliphatic carbocycles. The van der Waals surface area contributed by atoms with E-state index in [0.717, 1.165) is 11.3 Å². The van der Waals surface area contributed by atoms with Crippen LogP contribution in [0.2, 0.25) is 0 Å². The van der Waals surface area contributed by atoms with Crippen molar-refractivity contribution in [3.8, 4) is 6.07 Å². The highest BCUT2D eigenvalue weighted by molar-refractivity contribution is 5.68. The van der Waals surface area contributed by atoms with Crippen molar-refractivity contribution < 1.29 is 0 Å². The quantitative estimate of drug-likeness (QED) is 0.745. The van der Waals surface area contributed by atoms with Crippen molar-refractivity contribution in [3.05, 3.63) is 59.4 Å². The highest BCUT2D eigenvalue weighted by Crippen LogP contribution is 2.09. The third kappa shape index (κ3) is 2.21. The molecule has 2 nitrogen and oxygen atoms in total. The molecule has 2 rings (SSSR count). The van der Waals surface area contributed by atoms with Gasteiger partial charge in [-0.15, -0.1) is 0 Å². The van der Waals surface area contributed by atoms with E-state index in [1.165, 1.54) is 0 Å². The molecule has 1 aromatic heterocycles. The third-order valence-corrected chi connectivity index (χ3v) is 2.45. The Morgan fingerprint density at radius 2 is 2.06 bits per heavy atom. The van der Waals surface area contributed by atoms with Crippen molar-refractivity contribution in [2.75, 3.05) is 0 Å². The molecule has 0 bridgehead atoms. The van der Waals surface area contributed by atoms with Crippen molar-refractivity contribution in [1.29, 1.82) is 5.26 Å². The molecule has 0 saturated carbocycles. The largest absolute Gasteiger partial charge is 0.351 e. The topological polar surface area (TPSA) is 28.7 Å². The number of hydrogen-bond donors (Lipinski definition) is 0. The van der Waals surface area contributed by atoms with Crippen LogP contribution in [0, 0.1) is 11.3 Å². The number of nitrogens with zero attached hydrogens (tertiary/aromatic N) is 2. The molecule has 0 aliphatic heterocycles. The van der Waals surface area contributed by atoms with Gasteiger partial charge in [0, 0.05) is 18.9 Å². The van der Waals surface area contributed by atoms with E-state index in [9.17, 15) is 0 Å². The smallest absolute Gasteiger partial charge is 0.0991 e. The molecule has 0 saturated heterocycles. The lowest BCUT2D eigenvalue weighted by Gasteiger charge is -1.96. The van der Waals surface area contributed by atoms with Crippen LogP contribution in [-0.4, -0.2) is 4.57 Å². The summed E-state index contributed by atoms with van der Waals surface area (Å²) in [7, 11) is 2.01. The van der Waals surface area contributed by atoms with Crippen LogP contribution in [0.5, 0.6) is 0 Å². The number of nitriles is 1. The minimum absolute atomic E-state index is 0.689. The fourth-order valence-electron chi connectivity index (χ4n) is 1.54. The molecule has 0 N–H and O–H groups in total. The van der Waals surface area contributed by atoms with Crippen LogP contribution in [0.4, 0.5) is 0 Å². The van der Waals surface area contributed by atoms with Crippen LogP contribution in [0.3, 0.4) is 0 Å². The zero-order chi connectivity index (χ0) is 11.4. The monoisotopic (exact) mass is 208 g/mol. The summed E-state index contributed by atoms with van der Waals surface area (Å²) in [5, 5.41) is 8.78. The Morgan fingerprint density at radius 1 is 1.19 bits per heavy atom. The number of rotatable bonds is 2. The molecule has 1 aromatic carbocycles. The first kappa shape index (κ1) is 10.3. The maximum atomic E-state index is 8.78. The normalized spacial score (nSPS) is 10.5. The number of aryl methyl sites for hydroxylation is 1. The number of aromatic nitrogens is 1. The lowest BCUT2D eigenvalue weighted by molar-refractivity contribution is 0.915. The molecule has 16 heavy (non-hydrogen) atoms. The Kier molecular flexibility index (Phi) is 2.88. The third-order valence-electron chi connectivity index (χ3n) is 2.45. The maximum absolute atomic E-state index is 8.78. The van der Waals surface area contributed by atoms with Crippen LogP contribution in [0.15, 0.2) is 42.6 Å². The van der Waals surface area contributed by atoms with Crippen molar-refractivity contribution in [2.45, 2.75) is 0 Å². The second-order valence-corrected chi connectivity index (χ2v) is 3.61. The van der Waals surface area contributed by atoms with Gasteiger partial charge >= 0.3 is 0 Å². The number of hydrogen-bond acceptors (Lipinski definition) is 1. The van der Waals surface area contributed by atoms with Gasteiger partial charge in [0.05, 0.1) is 11.6 Å². The van der Waals surface area contributed by atoms with E-state index in [4.69, 9.17) is 5.26 Å². The highest BCUT2D eigenvalue weighted by atomic mass is 14.9. The van der Waals surface area contributed by atoms with Crippen LogP contribution in [0.1, 0.15) is 16.8 Å². The van der Waals surface area contributed by atoms with Gasteiger partial charge in [0.25, 0.3) is 0 Å². The van der Waals surface area contributed by atoms with Gasteiger partial charge in [0.15, 0.2) is 0 Å². The molecule has 0 amide bonds. The zero-order valence-corrected chi connectivity index (χ0v) is 9.09.